The highest BCUT2D eigenvalue weighted by Gasteiger charge is 2.27. The van der Waals surface area contributed by atoms with Crippen LogP contribution in [0.3, 0.4) is 0 Å². The van der Waals surface area contributed by atoms with Gasteiger partial charge in [0.2, 0.25) is 0 Å². The van der Waals surface area contributed by atoms with E-state index in [-0.39, 0.29) is 17.9 Å². The number of amides is 1. The standard InChI is InChI=1S/C17H24N2O5/c1-17(2,3)24-16(21)19-9-6-12(7-10-19)23-13-5-8-18-14(11-13)15(20)22-4/h5,8,11-12H,6-7,9-10H2,1-4H3. The summed E-state index contributed by atoms with van der Waals surface area (Å²) in [4.78, 5) is 29.2. The molecule has 7 nitrogen and oxygen atoms in total. The lowest BCUT2D eigenvalue weighted by Crippen LogP contribution is -2.44. The topological polar surface area (TPSA) is 78.0 Å². The Hall–Kier alpha value is -2.31. The van der Waals surface area contributed by atoms with Gasteiger partial charge in [-0.2, -0.15) is 0 Å². The first-order valence-electron chi connectivity index (χ1n) is 7.97. The number of hydrogen-bond acceptors (Lipinski definition) is 6. The highest BCUT2D eigenvalue weighted by atomic mass is 16.6. The lowest BCUT2D eigenvalue weighted by Gasteiger charge is -2.33. The van der Waals surface area contributed by atoms with E-state index in [0.29, 0.717) is 31.7 Å². The molecule has 0 atom stereocenters. The number of carbonyl (C=O) groups excluding carboxylic acids is 2. The minimum atomic E-state index is -0.500. The Morgan fingerprint density at radius 1 is 1.25 bits per heavy atom. The molecule has 1 aromatic rings. The van der Waals surface area contributed by atoms with Crippen molar-refractivity contribution in [1.82, 2.24) is 9.88 Å². The van der Waals surface area contributed by atoms with Gasteiger partial charge in [0.1, 0.15) is 17.5 Å². The van der Waals surface area contributed by atoms with Crippen LogP contribution in [-0.4, -0.2) is 53.9 Å². The lowest BCUT2D eigenvalue weighted by molar-refractivity contribution is 0.0126. The second-order valence-corrected chi connectivity index (χ2v) is 6.65. The Balaban J connectivity index is 1.87. The number of rotatable bonds is 3. The van der Waals surface area contributed by atoms with E-state index in [1.165, 1.54) is 13.3 Å². The minimum absolute atomic E-state index is 0.0171. The first-order valence-corrected chi connectivity index (χ1v) is 7.97. The van der Waals surface area contributed by atoms with Crippen molar-refractivity contribution in [2.45, 2.75) is 45.3 Å². The summed E-state index contributed by atoms with van der Waals surface area (Å²) in [5, 5.41) is 0. The lowest BCUT2D eigenvalue weighted by atomic mass is 10.1. The van der Waals surface area contributed by atoms with Crippen LogP contribution in [-0.2, 0) is 9.47 Å². The second kappa shape index (κ2) is 7.51. The monoisotopic (exact) mass is 336 g/mol. The molecule has 1 amide bonds. The zero-order valence-electron chi connectivity index (χ0n) is 14.6. The Labute approximate surface area is 141 Å². The SMILES string of the molecule is COC(=O)c1cc(OC2CCN(C(=O)OC(C)(C)C)CC2)ccn1. The Morgan fingerprint density at radius 3 is 2.50 bits per heavy atom. The molecule has 0 unspecified atom stereocenters. The number of ether oxygens (including phenoxy) is 3. The maximum absolute atomic E-state index is 12.0. The van der Waals surface area contributed by atoms with Crippen molar-refractivity contribution in [3.05, 3.63) is 24.0 Å². The molecule has 0 saturated carbocycles. The molecule has 0 aromatic carbocycles. The number of likely N-dealkylation sites (tertiary alicyclic amines) is 1. The highest BCUT2D eigenvalue weighted by molar-refractivity contribution is 5.87. The average molecular weight is 336 g/mol. The molecule has 0 spiro atoms. The summed E-state index contributed by atoms with van der Waals surface area (Å²) in [6, 6.07) is 3.26. The van der Waals surface area contributed by atoms with E-state index in [9.17, 15) is 9.59 Å². The van der Waals surface area contributed by atoms with E-state index in [1.54, 1.807) is 17.0 Å². The molecule has 1 aromatic heterocycles. The predicted octanol–water partition coefficient (Wildman–Crippen LogP) is 2.65. The summed E-state index contributed by atoms with van der Waals surface area (Å²) in [7, 11) is 1.31. The number of nitrogens with zero attached hydrogens (tertiary/aromatic N) is 2. The summed E-state index contributed by atoms with van der Waals surface area (Å²) >= 11 is 0. The van der Waals surface area contributed by atoms with Gasteiger partial charge in [-0.1, -0.05) is 0 Å². The minimum Gasteiger partial charge on any atom is -0.490 e. The summed E-state index contributed by atoms with van der Waals surface area (Å²) in [5.41, 5.74) is -0.285. The van der Waals surface area contributed by atoms with E-state index in [4.69, 9.17) is 9.47 Å². The number of methoxy groups -OCH3 is 1. The zero-order valence-corrected chi connectivity index (χ0v) is 14.6. The number of piperidine rings is 1. The number of esters is 1. The summed E-state index contributed by atoms with van der Waals surface area (Å²) in [6.45, 7) is 6.71. The van der Waals surface area contributed by atoms with Crippen LogP contribution in [0, 0.1) is 0 Å². The molecule has 1 fully saturated rings. The van der Waals surface area contributed by atoms with Gasteiger partial charge in [-0.15, -0.1) is 0 Å². The molecule has 7 heteroatoms. The number of aromatic nitrogens is 1. The van der Waals surface area contributed by atoms with Crippen molar-refractivity contribution in [2.24, 2.45) is 0 Å². The third-order valence-corrected chi connectivity index (χ3v) is 3.52. The first kappa shape index (κ1) is 18.0. The molecule has 0 radical (unpaired) electrons. The zero-order chi connectivity index (χ0) is 17.7. The fourth-order valence-corrected chi connectivity index (χ4v) is 2.38. The van der Waals surface area contributed by atoms with Gasteiger partial charge in [-0.25, -0.2) is 14.6 Å². The second-order valence-electron chi connectivity index (χ2n) is 6.65. The van der Waals surface area contributed by atoms with E-state index >= 15 is 0 Å². The molecule has 24 heavy (non-hydrogen) atoms. The smallest absolute Gasteiger partial charge is 0.410 e. The van der Waals surface area contributed by atoms with Gasteiger partial charge in [0.15, 0.2) is 5.69 Å². The molecule has 132 valence electrons. The quantitative estimate of drug-likeness (QED) is 0.790. The molecule has 1 aliphatic rings. The maximum Gasteiger partial charge on any atom is 0.410 e. The average Bonchev–Trinajstić information content (AvgIpc) is 2.53. The van der Waals surface area contributed by atoms with Crippen LogP contribution in [0.5, 0.6) is 5.75 Å². The van der Waals surface area contributed by atoms with Crippen molar-refractivity contribution >= 4 is 12.1 Å². The molecule has 2 heterocycles. The molecule has 0 bridgehead atoms. The van der Waals surface area contributed by atoms with E-state index in [1.807, 2.05) is 20.8 Å². The van der Waals surface area contributed by atoms with Gasteiger partial charge >= 0.3 is 12.1 Å². The summed E-state index contributed by atoms with van der Waals surface area (Å²) in [5.74, 6) is 0.0707. The Bertz CT molecular complexity index is 589. The van der Waals surface area contributed by atoms with Gasteiger partial charge in [0.25, 0.3) is 0 Å². The molecular weight excluding hydrogens is 312 g/mol. The van der Waals surface area contributed by atoms with Crippen molar-refractivity contribution in [3.63, 3.8) is 0 Å². The molecule has 1 saturated heterocycles. The molecular formula is C17H24N2O5. The van der Waals surface area contributed by atoms with Gasteiger partial charge in [-0.3, -0.25) is 0 Å². The van der Waals surface area contributed by atoms with Crippen LogP contribution >= 0.6 is 0 Å². The number of hydrogen-bond donors (Lipinski definition) is 0. The van der Waals surface area contributed by atoms with Crippen LogP contribution in [0.1, 0.15) is 44.1 Å². The summed E-state index contributed by atoms with van der Waals surface area (Å²) in [6.07, 6.45) is 2.61. The van der Waals surface area contributed by atoms with Crippen molar-refractivity contribution in [3.8, 4) is 5.75 Å². The number of pyridine rings is 1. The van der Waals surface area contributed by atoms with Crippen molar-refractivity contribution in [2.75, 3.05) is 20.2 Å². The summed E-state index contributed by atoms with van der Waals surface area (Å²) < 4.78 is 15.9. The fraction of sp³-hybridized carbons (Fsp3) is 0.588. The van der Waals surface area contributed by atoms with E-state index in [2.05, 4.69) is 9.72 Å². The van der Waals surface area contributed by atoms with Crippen LogP contribution in [0.25, 0.3) is 0 Å². The van der Waals surface area contributed by atoms with Gasteiger partial charge in [-0.05, 0) is 26.8 Å². The fourth-order valence-electron chi connectivity index (χ4n) is 2.38. The third kappa shape index (κ3) is 5.11. The third-order valence-electron chi connectivity index (χ3n) is 3.52. The molecule has 1 aliphatic heterocycles. The van der Waals surface area contributed by atoms with Crippen molar-refractivity contribution in [1.29, 1.82) is 0 Å². The van der Waals surface area contributed by atoms with Gasteiger partial charge < -0.3 is 19.1 Å². The number of carbonyl (C=O) groups is 2. The largest absolute Gasteiger partial charge is 0.490 e. The molecule has 2 rings (SSSR count). The van der Waals surface area contributed by atoms with Crippen LogP contribution in [0.2, 0.25) is 0 Å². The van der Waals surface area contributed by atoms with Gasteiger partial charge in [0, 0.05) is 38.2 Å². The van der Waals surface area contributed by atoms with Crippen LogP contribution in [0.4, 0.5) is 4.79 Å². The molecule has 0 aliphatic carbocycles. The Kier molecular flexibility index (Phi) is 5.64. The molecule has 0 N–H and O–H groups in total. The Morgan fingerprint density at radius 2 is 1.92 bits per heavy atom. The predicted molar refractivity (Wildman–Crippen MR) is 87.0 cm³/mol. The van der Waals surface area contributed by atoms with Crippen molar-refractivity contribution < 1.29 is 23.8 Å². The maximum atomic E-state index is 12.0. The van der Waals surface area contributed by atoms with E-state index < -0.39 is 11.6 Å². The highest BCUT2D eigenvalue weighted by Crippen LogP contribution is 2.21. The normalized spacial score (nSPS) is 15.8. The van der Waals surface area contributed by atoms with Gasteiger partial charge in [0.05, 0.1) is 7.11 Å². The van der Waals surface area contributed by atoms with E-state index in [0.717, 1.165) is 0 Å². The first-order chi connectivity index (χ1) is 11.3. The van der Waals surface area contributed by atoms with Crippen LogP contribution < -0.4 is 4.74 Å². The van der Waals surface area contributed by atoms with Crippen LogP contribution in [0.15, 0.2) is 18.3 Å².